The van der Waals surface area contributed by atoms with Crippen LogP contribution in [-0.2, 0) is 43.7 Å². The van der Waals surface area contributed by atoms with Gasteiger partial charge in [-0.05, 0) is 150 Å². The van der Waals surface area contributed by atoms with Crippen molar-refractivity contribution < 1.29 is 41.7 Å². The van der Waals surface area contributed by atoms with Crippen molar-refractivity contribution in [3.8, 4) is 22.5 Å². The van der Waals surface area contributed by atoms with Gasteiger partial charge in [0.05, 0.1) is 39.0 Å². The van der Waals surface area contributed by atoms with Crippen LogP contribution in [0.2, 0.25) is 0 Å². The van der Waals surface area contributed by atoms with Gasteiger partial charge in [0.1, 0.15) is 0 Å². The summed E-state index contributed by atoms with van der Waals surface area (Å²) < 4.78 is 62.2. The molecule has 0 radical (unpaired) electrons. The van der Waals surface area contributed by atoms with Crippen LogP contribution in [0.1, 0.15) is 102 Å². The van der Waals surface area contributed by atoms with Crippen molar-refractivity contribution in [1.82, 2.24) is 23.9 Å². The fraction of sp³-hybridized carbons (Fsp3) is 0.344. The van der Waals surface area contributed by atoms with E-state index in [9.17, 15) is 36.6 Å². The molecule has 2 aliphatic rings. The van der Waals surface area contributed by atoms with Crippen LogP contribution >= 0.6 is 0 Å². The van der Waals surface area contributed by atoms with E-state index in [1.165, 1.54) is 0 Å². The molecule has 2 saturated carbocycles. The summed E-state index contributed by atoms with van der Waals surface area (Å²) in [5.41, 5.74) is 11.8. The highest BCUT2D eigenvalue weighted by atomic mass is 32.2. The van der Waals surface area contributed by atoms with E-state index >= 15 is 0 Å². The van der Waals surface area contributed by atoms with Crippen molar-refractivity contribution in [2.24, 2.45) is 31.7 Å². The van der Waals surface area contributed by atoms with Crippen LogP contribution in [0.3, 0.4) is 0 Å². The van der Waals surface area contributed by atoms with E-state index in [0.717, 1.165) is 55.4 Å². The van der Waals surface area contributed by atoms with Gasteiger partial charge in [0.25, 0.3) is 0 Å². The van der Waals surface area contributed by atoms with Crippen molar-refractivity contribution in [2.45, 2.75) is 124 Å². The first-order valence-electron chi connectivity index (χ1n) is 27.6. The number of benzene rings is 6. The molecular formula is C64H76N6O9S2. The second-order valence-electron chi connectivity index (χ2n) is 22.6. The molecule has 2 fully saturated rings. The number of nitrogens with one attached hydrogen (secondary N) is 3. The summed E-state index contributed by atoms with van der Waals surface area (Å²) in [6, 6.07) is 52.2. The fourth-order valence-corrected chi connectivity index (χ4v) is 13.6. The zero-order valence-corrected chi connectivity index (χ0v) is 48.5. The molecule has 8 aromatic rings. The Balaban J connectivity index is 0.000000182. The normalized spacial score (nSPS) is 18.6. The highest BCUT2D eigenvalue weighted by molar-refractivity contribution is 7.89. The van der Waals surface area contributed by atoms with Gasteiger partial charge in [-0.15, -0.1) is 0 Å². The van der Waals surface area contributed by atoms with Crippen molar-refractivity contribution >= 4 is 53.7 Å². The molecule has 428 valence electrons. The Morgan fingerprint density at radius 3 is 1.26 bits per heavy atom. The second kappa shape index (κ2) is 25.5. The number of amides is 1. The Labute approximate surface area is 476 Å². The number of nitrogens with zero attached hydrogens (tertiary/aromatic N) is 2. The third-order valence-corrected chi connectivity index (χ3v) is 18.7. The number of carboxylic acids is 1. The maximum absolute atomic E-state index is 13.3. The monoisotopic (exact) mass is 1140 g/mol. The lowest BCUT2D eigenvalue weighted by Gasteiger charge is -2.34. The zero-order chi connectivity index (χ0) is 58.3. The predicted octanol–water partition coefficient (Wildman–Crippen LogP) is 10.5. The van der Waals surface area contributed by atoms with Gasteiger partial charge in [0.2, 0.25) is 26.0 Å². The molecule has 8 N–H and O–H groups in total. The lowest BCUT2D eigenvalue weighted by Crippen LogP contribution is -2.46. The van der Waals surface area contributed by atoms with Crippen LogP contribution in [0.4, 0.5) is 0 Å². The third kappa shape index (κ3) is 14.9. The van der Waals surface area contributed by atoms with E-state index in [-0.39, 0.29) is 45.7 Å². The summed E-state index contributed by atoms with van der Waals surface area (Å²) in [6.45, 7) is 6.80. The summed E-state index contributed by atoms with van der Waals surface area (Å²) in [6.07, 6.45) is 4.38. The number of carboxylic acid groups (broad SMARTS) is 1. The number of aromatic nitrogens is 2. The first kappa shape index (κ1) is 60.1. The molecule has 10 rings (SSSR count). The van der Waals surface area contributed by atoms with Crippen molar-refractivity contribution in [3.05, 3.63) is 181 Å². The second-order valence-corrected chi connectivity index (χ2v) is 26.0. The Morgan fingerprint density at radius 1 is 0.519 bits per heavy atom. The van der Waals surface area contributed by atoms with Crippen LogP contribution in [0, 0.1) is 11.8 Å². The van der Waals surface area contributed by atoms with Gasteiger partial charge >= 0.3 is 5.97 Å². The average Bonchev–Trinajstić information content (AvgIpc) is 4.05. The van der Waals surface area contributed by atoms with Gasteiger partial charge in [0.15, 0.2) is 0 Å². The zero-order valence-electron chi connectivity index (χ0n) is 46.9. The number of aliphatic carboxylic acids is 1. The minimum atomic E-state index is -3.72. The summed E-state index contributed by atoms with van der Waals surface area (Å²) in [5.74, 6) is -1.50. The molecule has 2 heterocycles. The smallest absolute Gasteiger partial charge is 0.306 e. The van der Waals surface area contributed by atoms with E-state index in [4.69, 9.17) is 10.8 Å². The van der Waals surface area contributed by atoms with Gasteiger partial charge in [0, 0.05) is 65.3 Å². The molecule has 0 unspecified atom stereocenters. The third-order valence-electron chi connectivity index (χ3n) is 15.7. The lowest BCUT2D eigenvalue weighted by molar-refractivity contribution is -0.142. The van der Waals surface area contributed by atoms with Crippen LogP contribution in [-0.4, -0.2) is 76.5 Å². The number of rotatable bonds is 15. The van der Waals surface area contributed by atoms with Crippen LogP contribution in [0.25, 0.3) is 44.3 Å². The molecule has 2 atom stereocenters. The summed E-state index contributed by atoms with van der Waals surface area (Å²) in [4.78, 5) is 24.7. The van der Waals surface area contributed by atoms with Crippen molar-refractivity contribution in [1.29, 1.82) is 0 Å². The van der Waals surface area contributed by atoms with Crippen molar-refractivity contribution in [2.75, 3.05) is 0 Å². The number of carbonyl (C=O) groups is 2. The fourth-order valence-electron chi connectivity index (χ4n) is 10.9. The molecule has 6 aromatic carbocycles. The first-order valence-corrected chi connectivity index (χ1v) is 30.5. The minimum absolute atomic E-state index is 0.110. The summed E-state index contributed by atoms with van der Waals surface area (Å²) in [5, 5.41) is 34.2. The van der Waals surface area contributed by atoms with Gasteiger partial charge in [-0.1, -0.05) is 121 Å². The Bertz CT molecular complexity index is 3640. The number of nitrogens with two attached hydrogens (primary N) is 1. The number of hydrogen-bond donors (Lipinski definition) is 7. The first-order chi connectivity index (χ1) is 38.4. The Morgan fingerprint density at radius 2 is 0.889 bits per heavy atom. The summed E-state index contributed by atoms with van der Waals surface area (Å²) >= 11 is 0. The maximum atomic E-state index is 13.3. The van der Waals surface area contributed by atoms with E-state index in [1.54, 1.807) is 52.0 Å². The largest absolute Gasteiger partial charge is 0.481 e. The van der Waals surface area contributed by atoms with Crippen LogP contribution in [0.5, 0.6) is 0 Å². The van der Waals surface area contributed by atoms with E-state index in [2.05, 4.69) is 23.9 Å². The number of hydrogen-bond acceptors (Lipinski definition) is 9. The molecule has 0 spiro atoms. The Hall–Kier alpha value is -6.96. The van der Waals surface area contributed by atoms with Gasteiger partial charge in [-0.2, -0.15) is 0 Å². The molecule has 17 heteroatoms. The van der Waals surface area contributed by atoms with Crippen LogP contribution in [0.15, 0.2) is 180 Å². The number of aliphatic hydroxyl groups is 2. The molecule has 0 saturated heterocycles. The molecule has 1 amide bonds. The van der Waals surface area contributed by atoms with E-state index in [0.29, 0.717) is 51.4 Å². The number of sulfonamides is 2. The van der Waals surface area contributed by atoms with E-state index in [1.807, 2.05) is 160 Å². The highest BCUT2D eigenvalue weighted by Crippen LogP contribution is 2.34. The SMILES string of the molecule is CC(C)(O)[C@@H](N)c1ccccc1.Cn1c(-c2ccccc2)cc2cc(S(=O)(=O)NC3CCC(C(=O)N[C@@H](c4ccccc4)C(C)(C)O)CC3)ccc21.Cn1c(-c2ccccc2)cc2cc(S(=O)(=O)NC3CCC(C(=O)O)CC3)ccc21. The topological polar surface area (TPSA) is 235 Å². The molecular weight excluding hydrogens is 1060 g/mol. The van der Waals surface area contributed by atoms with Gasteiger partial charge in [-0.25, -0.2) is 26.3 Å². The van der Waals surface area contributed by atoms with E-state index < -0.39 is 43.3 Å². The van der Waals surface area contributed by atoms with Crippen molar-refractivity contribution in [3.63, 3.8) is 0 Å². The molecule has 15 nitrogen and oxygen atoms in total. The standard InChI is InChI=1S/C32H37N3O4S.C22H24N2O4S.C10H15NO/c1-32(2,37)30(23-12-8-5-9-13-23)33-31(36)24-14-16-26(17-15-24)34-40(38,39)27-18-19-28-25(20-27)21-29(35(28)3)22-10-6-4-7-11-22;1-24-20-12-11-19(13-17(20)14-21(24)15-5-3-2-4-6-15)29(27,28)23-18-9-7-16(8-10-18)22(25)26;1-10(2,12)9(11)8-6-4-3-5-7-8/h4-13,18-21,24,26,30,34,37H,14-17H2,1-3H3,(H,33,36);2-6,11-14,16,18,23H,7-10H2,1H3,(H,25,26);3-7,9,12H,11H2,1-2H3/t24?,26?,30-;;9-/m0.0/s1. The quantitative estimate of drug-likeness (QED) is 0.0513. The van der Waals surface area contributed by atoms with Gasteiger partial charge < -0.3 is 35.5 Å². The van der Waals surface area contributed by atoms with Gasteiger partial charge in [-0.3, -0.25) is 9.59 Å². The highest BCUT2D eigenvalue weighted by Gasteiger charge is 2.35. The Kier molecular flexibility index (Phi) is 18.9. The predicted molar refractivity (Wildman–Crippen MR) is 320 cm³/mol. The number of fused-ring (bicyclic) bond motifs is 2. The maximum Gasteiger partial charge on any atom is 0.306 e. The number of aryl methyl sites for hydroxylation is 2. The lowest BCUT2D eigenvalue weighted by atomic mass is 9.84. The number of carbonyl (C=O) groups excluding carboxylic acids is 1. The minimum Gasteiger partial charge on any atom is -0.481 e. The molecule has 2 aromatic heterocycles. The molecule has 0 bridgehead atoms. The van der Waals surface area contributed by atoms with Crippen LogP contribution < -0.4 is 20.5 Å². The average molecular weight is 1140 g/mol. The molecule has 0 aliphatic heterocycles. The molecule has 81 heavy (non-hydrogen) atoms. The summed E-state index contributed by atoms with van der Waals surface area (Å²) in [7, 11) is -3.44. The molecule has 2 aliphatic carbocycles.